The van der Waals surface area contributed by atoms with Gasteiger partial charge in [-0.3, -0.25) is 4.79 Å². The van der Waals surface area contributed by atoms with Crippen molar-refractivity contribution in [3.05, 3.63) is 41.4 Å². The molecular formula is C19H22ClNO2. The molecule has 0 spiro atoms. The van der Waals surface area contributed by atoms with Crippen molar-refractivity contribution in [1.29, 1.82) is 0 Å². The summed E-state index contributed by atoms with van der Waals surface area (Å²) in [6, 6.07) is 11.7. The predicted octanol–water partition coefficient (Wildman–Crippen LogP) is 4.57. The van der Waals surface area contributed by atoms with E-state index in [0.29, 0.717) is 16.7 Å². The largest absolute Gasteiger partial charge is 0.483 e. The lowest BCUT2D eigenvalue weighted by Gasteiger charge is -2.29. The highest BCUT2D eigenvalue weighted by molar-refractivity contribution is 6.35. The highest BCUT2D eigenvalue weighted by Crippen LogP contribution is 2.31. The highest BCUT2D eigenvalue weighted by atomic mass is 35.5. The average Bonchev–Trinajstić information content (AvgIpc) is 2.57. The molecule has 0 saturated heterocycles. The zero-order valence-corrected chi connectivity index (χ0v) is 14.1. The maximum atomic E-state index is 12.2. The summed E-state index contributed by atoms with van der Waals surface area (Å²) < 4.78 is 5.74. The van der Waals surface area contributed by atoms with Gasteiger partial charge in [0.2, 0.25) is 0 Å². The van der Waals surface area contributed by atoms with Gasteiger partial charge in [-0.05, 0) is 30.9 Å². The normalized spacial score (nSPS) is 21.1. The molecule has 1 N–H and O–H groups in total. The van der Waals surface area contributed by atoms with Crippen LogP contribution in [0.2, 0.25) is 5.02 Å². The molecule has 1 saturated carbocycles. The minimum absolute atomic E-state index is 0.0366. The van der Waals surface area contributed by atoms with E-state index in [1.165, 1.54) is 19.3 Å². The Morgan fingerprint density at radius 2 is 1.91 bits per heavy atom. The number of benzene rings is 2. The molecule has 0 unspecified atom stereocenters. The van der Waals surface area contributed by atoms with Gasteiger partial charge >= 0.3 is 0 Å². The van der Waals surface area contributed by atoms with Crippen LogP contribution >= 0.6 is 11.6 Å². The molecule has 1 fully saturated rings. The maximum absolute atomic E-state index is 12.2. The smallest absolute Gasteiger partial charge is 0.258 e. The summed E-state index contributed by atoms with van der Waals surface area (Å²) in [5.74, 6) is 1.18. The van der Waals surface area contributed by atoms with Crippen LogP contribution in [-0.2, 0) is 4.79 Å². The van der Waals surface area contributed by atoms with Crippen molar-refractivity contribution in [3.63, 3.8) is 0 Å². The van der Waals surface area contributed by atoms with Gasteiger partial charge in [0.25, 0.3) is 5.91 Å². The molecule has 1 aliphatic rings. The lowest BCUT2D eigenvalue weighted by Crippen LogP contribution is -2.43. The molecule has 0 radical (unpaired) electrons. The van der Waals surface area contributed by atoms with Gasteiger partial charge in [0.15, 0.2) is 6.61 Å². The van der Waals surface area contributed by atoms with Crippen LogP contribution in [-0.4, -0.2) is 18.6 Å². The van der Waals surface area contributed by atoms with E-state index in [9.17, 15) is 4.79 Å². The number of hydrogen-bond donors (Lipinski definition) is 1. The number of carbonyl (C=O) groups excluding carboxylic acids is 1. The standard InChI is InChI=1S/C19H22ClNO2/c1-13-6-2-5-9-17(13)21-19(22)12-23-18-11-10-16(20)14-7-3-4-8-15(14)18/h3-4,7-8,10-11,13,17H,2,5-6,9,12H2,1H3,(H,21,22)/t13-,17-/m1/s1. The second-order valence-corrected chi connectivity index (χ2v) is 6.72. The molecule has 2 atom stereocenters. The van der Waals surface area contributed by atoms with Gasteiger partial charge < -0.3 is 10.1 Å². The zero-order chi connectivity index (χ0) is 16.2. The fourth-order valence-corrected chi connectivity index (χ4v) is 3.51. The lowest BCUT2D eigenvalue weighted by atomic mass is 9.86. The second-order valence-electron chi connectivity index (χ2n) is 6.32. The summed E-state index contributed by atoms with van der Waals surface area (Å²) in [6.07, 6.45) is 4.71. The molecule has 1 amide bonds. The minimum atomic E-state index is -0.0530. The quantitative estimate of drug-likeness (QED) is 0.891. The van der Waals surface area contributed by atoms with E-state index in [-0.39, 0.29) is 18.6 Å². The summed E-state index contributed by atoms with van der Waals surface area (Å²) in [4.78, 5) is 12.2. The van der Waals surface area contributed by atoms with E-state index in [4.69, 9.17) is 16.3 Å². The Kier molecular flexibility index (Phi) is 5.06. The number of nitrogens with one attached hydrogen (secondary N) is 1. The summed E-state index contributed by atoms with van der Waals surface area (Å²) in [5.41, 5.74) is 0. The molecule has 3 rings (SSSR count). The number of ether oxygens (including phenoxy) is 1. The Morgan fingerprint density at radius 3 is 2.70 bits per heavy atom. The summed E-state index contributed by atoms with van der Waals surface area (Å²) in [5, 5.41) is 5.66. The average molecular weight is 332 g/mol. The Morgan fingerprint density at radius 1 is 1.17 bits per heavy atom. The number of carbonyl (C=O) groups is 1. The topological polar surface area (TPSA) is 38.3 Å². The van der Waals surface area contributed by atoms with E-state index < -0.39 is 0 Å². The fourth-order valence-electron chi connectivity index (χ4n) is 3.28. The van der Waals surface area contributed by atoms with Crippen molar-refractivity contribution in [2.75, 3.05) is 6.61 Å². The molecule has 2 aromatic rings. The van der Waals surface area contributed by atoms with Gasteiger partial charge in [-0.25, -0.2) is 0 Å². The van der Waals surface area contributed by atoms with Gasteiger partial charge in [0, 0.05) is 21.8 Å². The third-order valence-corrected chi connectivity index (χ3v) is 4.98. The first-order valence-corrected chi connectivity index (χ1v) is 8.62. The van der Waals surface area contributed by atoms with Crippen LogP contribution in [0.3, 0.4) is 0 Å². The van der Waals surface area contributed by atoms with Gasteiger partial charge in [-0.2, -0.15) is 0 Å². The van der Waals surface area contributed by atoms with E-state index in [0.717, 1.165) is 17.2 Å². The Bertz CT molecular complexity index is 701. The summed E-state index contributed by atoms with van der Waals surface area (Å²) in [7, 11) is 0. The van der Waals surface area contributed by atoms with Gasteiger partial charge in [0.05, 0.1) is 0 Å². The minimum Gasteiger partial charge on any atom is -0.483 e. The number of amides is 1. The monoisotopic (exact) mass is 331 g/mol. The van der Waals surface area contributed by atoms with E-state index in [1.807, 2.05) is 30.3 Å². The predicted molar refractivity (Wildman–Crippen MR) is 94.0 cm³/mol. The number of hydrogen-bond acceptors (Lipinski definition) is 2. The van der Waals surface area contributed by atoms with Crippen LogP contribution in [0, 0.1) is 5.92 Å². The molecule has 1 aliphatic carbocycles. The first kappa shape index (κ1) is 16.1. The van der Waals surface area contributed by atoms with Crippen molar-refractivity contribution >= 4 is 28.3 Å². The molecule has 23 heavy (non-hydrogen) atoms. The van der Waals surface area contributed by atoms with Crippen LogP contribution in [0.15, 0.2) is 36.4 Å². The fraction of sp³-hybridized carbons (Fsp3) is 0.421. The lowest BCUT2D eigenvalue weighted by molar-refractivity contribution is -0.124. The van der Waals surface area contributed by atoms with Gasteiger partial charge in [0.1, 0.15) is 5.75 Å². The molecule has 0 heterocycles. The van der Waals surface area contributed by atoms with Gasteiger partial charge in [-0.1, -0.05) is 55.6 Å². The van der Waals surface area contributed by atoms with Crippen LogP contribution < -0.4 is 10.1 Å². The van der Waals surface area contributed by atoms with Crippen molar-refractivity contribution in [2.24, 2.45) is 5.92 Å². The Balaban J connectivity index is 1.64. The molecule has 0 aromatic heterocycles. The van der Waals surface area contributed by atoms with E-state index in [1.54, 1.807) is 6.07 Å². The molecule has 3 nitrogen and oxygen atoms in total. The van der Waals surface area contributed by atoms with Crippen molar-refractivity contribution < 1.29 is 9.53 Å². The van der Waals surface area contributed by atoms with Crippen molar-refractivity contribution in [3.8, 4) is 5.75 Å². The third kappa shape index (κ3) is 3.78. The molecule has 2 aromatic carbocycles. The Hall–Kier alpha value is -1.74. The molecule has 0 bridgehead atoms. The highest BCUT2D eigenvalue weighted by Gasteiger charge is 2.22. The van der Waals surface area contributed by atoms with Crippen molar-refractivity contribution in [2.45, 2.75) is 38.6 Å². The first-order chi connectivity index (χ1) is 11.1. The molecule has 0 aliphatic heterocycles. The summed E-state index contributed by atoms with van der Waals surface area (Å²) in [6.45, 7) is 2.24. The van der Waals surface area contributed by atoms with Crippen LogP contribution in [0.5, 0.6) is 5.75 Å². The van der Waals surface area contributed by atoms with Crippen LogP contribution in [0.1, 0.15) is 32.6 Å². The molecular weight excluding hydrogens is 310 g/mol. The zero-order valence-electron chi connectivity index (χ0n) is 13.3. The first-order valence-electron chi connectivity index (χ1n) is 8.24. The van der Waals surface area contributed by atoms with Crippen LogP contribution in [0.4, 0.5) is 0 Å². The second kappa shape index (κ2) is 7.22. The number of rotatable bonds is 4. The van der Waals surface area contributed by atoms with E-state index in [2.05, 4.69) is 12.2 Å². The third-order valence-electron chi connectivity index (χ3n) is 4.65. The van der Waals surface area contributed by atoms with E-state index >= 15 is 0 Å². The number of halogens is 1. The van der Waals surface area contributed by atoms with Gasteiger partial charge in [-0.15, -0.1) is 0 Å². The number of fused-ring (bicyclic) bond motifs is 1. The SMILES string of the molecule is C[C@@H]1CCCC[C@H]1NC(=O)COc1ccc(Cl)c2ccccc12. The molecule has 4 heteroatoms. The van der Waals surface area contributed by atoms with Crippen LogP contribution in [0.25, 0.3) is 10.8 Å². The molecule has 122 valence electrons. The maximum Gasteiger partial charge on any atom is 0.258 e. The van der Waals surface area contributed by atoms with Crippen molar-refractivity contribution in [1.82, 2.24) is 5.32 Å². The Labute approximate surface area is 142 Å². The summed E-state index contributed by atoms with van der Waals surface area (Å²) >= 11 is 6.20.